The Bertz CT molecular complexity index is 1600. The fourth-order valence-electron chi connectivity index (χ4n) is 5.05. The number of benzene rings is 4. The largest absolute Gasteiger partial charge is 0.490 e. The van der Waals surface area contributed by atoms with Gasteiger partial charge in [-0.2, -0.15) is 0 Å². The van der Waals surface area contributed by atoms with Crippen molar-refractivity contribution in [3.63, 3.8) is 0 Å². The zero-order valence-corrected chi connectivity index (χ0v) is 27.8. The van der Waals surface area contributed by atoms with E-state index in [1.807, 2.05) is 119 Å². The molecular weight excluding hydrogens is 594 g/mol. The summed E-state index contributed by atoms with van der Waals surface area (Å²) < 4.78 is 22.3. The molecule has 2 N–H and O–H groups in total. The molecule has 0 bridgehead atoms. The third-order valence-electron chi connectivity index (χ3n) is 7.60. The van der Waals surface area contributed by atoms with E-state index >= 15 is 0 Å². The molecule has 0 fully saturated rings. The molecular formula is C39H45NO7. The number of carbonyl (C=O) groups excluding carboxylic acids is 2. The van der Waals surface area contributed by atoms with Crippen LogP contribution in [0.5, 0.6) is 11.5 Å². The van der Waals surface area contributed by atoms with Crippen LogP contribution in [0.4, 0.5) is 4.79 Å². The number of carbonyl (C=O) groups is 2. The van der Waals surface area contributed by atoms with E-state index in [-0.39, 0.29) is 6.10 Å². The van der Waals surface area contributed by atoms with Crippen LogP contribution in [0.25, 0.3) is 11.1 Å². The molecule has 248 valence electrons. The lowest BCUT2D eigenvalue weighted by atomic mass is 9.96. The predicted molar refractivity (Wildman–Crippen MR) is 183 cm³/mol. The van der Waals surface area contributed by atoms with E-state index < -0.39 is 23.8 Å². The second-order valence-corrected chi connectivity index (χ2v) is 12.3. The van der Waals surface area contributed by atoms with Crippen LogP contribution in [0.1, 0.15) is 73.7 Å². The first-order chi connectivity index (χ1) is 22.5. The standard InChI is InChI=1S/C39H45NO7/c1-27(2)46-36-25-31(18-19-34(36)37(42)44-5)30-16-14-28(15-17-30)21-23-40-38(43)47-39(3,4)22-20-35(41)32-12-9-13-33(24-32)45-26-29-10-7-6-8-11-29/h6-19,24-25,27,35,41H,20-23,26H2,1-5H3,(H,40,43)/t35-/m1/s1. The Morgan fingerprint density at radius 3 is 2.28 bits per heavy atom. The van der Waals surface area contributed by atoms with Crippen LogP contribution in [0.3, 0.4) is 0 Å². The quantitative estimate of drug-likeness (QED) is 0.127. The molecule has 0 aliphatic heterocycles. The topological polar surface area (TPSA) is 103 Å². The number of aliphatic hydroxyl groups is 1. The Morgan fingerprint density at radius 1 is 0.851 bits per heavy atom. The van der Waals surface area contributed by atoms with E-state index in [0.717, 1.165) is 27.8 Å². The zero-order valence-electron chi connectivity index (χ0n) is 27.8. The maximum atomic E-state index is 12.6. The second-order valence-electron chi connectivity index (χ2n) is 12.3. The summed E-state index contributed by atoms with van der Waals surface area (Å²) in [5, 5.41) is 13.7. The highest BCUT2D eigenvalue weighted by Crippen LogP contribution is 2.30. The molecule has 4 aromatic carbocycles. The van der Waals surface area contributed by atoms with Crippen LogP contribution in [-0.2, 0) is 22.5 Å². The van der Waals surface area contributed by atoms with Crippen LogP contribution in [0.15, 0.2) is 97.1 Å². The van der Waals surface area contributed by atoms with E-state index in [1.165, 1.54) is 7.11 Å². The number of hydrogen-bond donors (Lipinski definition) is 2. The van der Waals surface area contributed by atoms with Gasteiger partial charge in [0.2, 0.25) is 0 Å². The van der Waals surface area contributed by atoms with Crippen molar-refractivity contribution in [2.24, 2.45) is 0 Å². The summed E-state index contributed by atoms with van der Waals surface area (Å²) in [5.41, 5.74) is 4.38. The Labute approximate surface area is 277 Å². The van der Waals surface area contributed by atoms with E-state index in [9.17, 15) is 14.7 Å². The van der Waals surface area contributed by atoms with Gasteiger partial charge in [-0.15, -0.1) is 0 Å². The summed E-state index contributed by atoms with van der Waals surface area (Å²) in [6.45, 7) is 8.35. The molecule has 0 aromatic heterocycles. The third-order valence-corrected chi connectivity index (χ3v) is 7.60. The predicted octanol–water partition coefficient (Wildman–Crippen LogP) is 8.07. The monoisotopic (exact) mass is 639 g/mol. The number of alkyl carbamates (subject to hydrolysis) is 1. The number of aliphatic hydroxyl groups excluding tert-OH is 1. The average molecular weight is 640 g/mol. The Balaban J connectivity index is 1.22. The van der Waals surface area contributed by atoms with Gasteiger partial charge in [0.1, 0.15) is 29.3 Å². The molecule has 4 aromatic rings. The first-order valence-corrected chi connectivity index (χ1v) is 15.9. The van der Waals surface area contributed by atoms with Gasteiger partial charge in [0.25, 0.3) is 0 Å². The van der Waals surface area contributed by atoms with Crippen molar-refractivity contribution in [1.29, 1.82) is 0 Å². The maximum absolute atomic E-state index is 12.6. The number of nitrogens with one attached hydrogen (secondary N) is 1. The molecule has 0 spiro atoms. The summed E-state index contributed by atoms with van der Waals surface area (Å²) in [5.74, 6) is 0.725. The molecule has 0 aliphatic carbocycles. The molecule has 8 nitrogen and oxygen atoms in total. The van der Waals surface area contributed by atoms with Crippen LogP contribution >= 0.6 is 0 Å². The summed E-state index contributed by atoms with van der Waals surface area (Å²) in [6.07, 6.45) is 0.208. The Kier molecular flexibility index (Phi) is 12.4. The van der Waals surface area contributed by atoms with Crippen LogP contribution in [0.2, 0.25) is 0 Å². The smallest absolute Gasteiger partial charge is 0.407 e. The van der Waals surface area contributed by atoms with Gasteiger partial charge in [-0.1, -0.05) is 72.8 Å². The number of methoxy groups -OCH3 is 1. The Morgan fingerprint density at radius 2 is 1.57 bits per heavy atom. The zero-order chi connectivity index (χ0) is 33.8. The summed E-state index contributed by atoms with van der Waals surface area (Å²) in [7, 11) is 1.35. The molecule has 0 aliphatic rings. The van der Waals surface area contributed by atoms with Gasteiger partial charge in [-0.25, -0.2) is 9.59 Å². The summed E-state index contributed by atoms with van der Waals surface area (Å²) >= 11 is 0. The first kappa shape index (κ1) is 35.0. The van der Waals surface area contributed by atoms with Crippen molar-refractivity contribution >= 4 is 12.1 Å². The highest BCUT2D eigenvalue weighted by atomic mass is 16.6. The number of amides is 1. The van der Waals surface area contributed by atoms with Crippen LogP contribution < -0.4 is 14.8 Å². The lowest BCUT2D eigenvalue weighted by molar-refractivity contribution is 0.0202. The number of ether oxygens (including phenoxy) is 4. The van der Waals surface area contributed by atoms with Crippen LogP contribution in [0, 0.1) is 0 Å². The van der Waals surface area contributed by atoms with Gasteiger partial charge in [-0.3, -0.25) is 0 Å². The molecule has 8 heteroatoms. The number of rotatable bonds is 15. The highest BCUT2D eigenvalue weighted by Gasteiger charge is 2.24. The highest BCUT2D eigenvalue weighted by molar-refractivity contribution is 5.93. The van der Waals surface area contributed by atoms with E-state index in [4.69, 9.17) is 18.9 Å². The Hall–Kier alpha value is -4.82. The van der Waals surface area contributed by atoms with E-state index in [2.05, 4.69) is 5.32 Å². The van der Waals surface area contributed by atoms with Crippen molar-refractivity contribution < 1.29 is 33.6 Å². The lowest BCUT2D eigenvalue weighted by Gasteiger charge is -2.26. The molecule has 4 rings (SSSR count). The van der Waals surface area contributed by atoms with Gasteiger partial charge < -0.3 is 29.4 Å². The van der Waals surface area contributed by atoms with E-state index in [1.54, 1.807) is 6.07 Å². The maximum Gasteiger partial charge on any atom is 0.407 e. The summed E-state index contributed by atoms with van der Waals surface area (Å²) in [4.78, 5) is 24.7. The first-order valence-electron chi connectivity index (χ1n) is 15.9. The summed E-state index contributed by atoms with van der Waals surface area (Å²) in [6, 6.07) is 30.8. The minimum Gasteiger partial charge on any atom is -0.490 e. The SMILES string of the molecule is COC(=O)c1ccc(-c2ccc(CCNC(=O)OC(C)(C)CC[C@@H](O)c3cccc(OCc4ccccc4)c3)cc2)cc1OC(C)C. The van der Waals surface area contributed by atoms with Crippen molar-refractivity contribution in [3.05, 3.63) is 119 Å². The normalized spacial score (nSPS) is 11.9. The molecule has 0 radical (unpaired) electrons. The lowest BCUT2D eigenvalue weighted by Crippen LogP contribution is -2.35. The van der Waals surface area contributed by atoms with Crippen molar-refractivity contribution in [3.8, 4) is 22.6 Å². The minimum atomic E-state index is -0.768. The van der Waals surface area contributed by atoms with E-state index in [0.29, 0.717) is 49.5 Å². The number of esters is 1. The van der Waals surface area contributed by atoms with Gasteiger partial charge >= 0.3 is 12.1 Å². The minimum absolute atomic E-state index is 0.0960. The van der Waals surface area contributed by atoms with Crippen LogP contribution in [-0.4, -0.2) is 42.5 Å². The third kappa shape index (κ3) is 10.9. The molecule has 1 amide bonds. The second kappa shape index (κ2) is 16.7. The molecule has 0 heterocycles. The van der Waals surface area contributed by atoms with Gasteiger partial charge in [0.05, 0.1) is 19.3 Å². The molecule has 0 unspecified atom stereocenters. The number of hydrogen-bond acceptors (Lipinski definition) is 7. The fourth-order valence-corrected chi connectivity index (χ4v) is 5.05. The van der Waals surface area contributed by atoms with Gasteiger partial charge in [0, 0.05) is 6.54 Å². The molecule has 0 saturated carbocycles. The molecule has 0 saturated heterocycles. The van der Waals surface area contributed by atoms with Crippen molar-refractivity contribution in [2.45, 2.75) is 71.4 Å². The average Bonchev–Trinajstić information content (AvgIpc) is 3.06. The molecule has 1 atom stereocenters. The van der Waals surface area contributed by atoms with Crippen molar-refractivity contribution in [1.82, 2.24) is 5.32 Å². The van der Waals surface area contributed by atoms with Gasteiger partial charge in [0.15, 0.2) is 0 Å². The molecule has 47 heavy (non-hydrogen) atoms. The fraction of sp³-hybridized carbons (Fsp3) is 0.333. The van der Waals surface area contributed by atoms with Gasteiger partial charge in [-0.05, 0) is 99.0 Å². The van der Waals surface area contributed by atoms with Crippen molar-refractivity contribution in [2.75, 3.05) is 13.7 Å².